The Balaban J connectivity index is 1.54. The van der Waals surface area contributed by atoms with Crippen LogP contribution in [0, 0.1) is 0 Å². The molecule has 2 aromatic rings. The van der Waals surface area contributed by atoms with E-state index in [1.54, 1.807) is 31.4 Å². The maximum Gasteiger partial charge on any atom is 0.234 e. The van der Waals surface area contributed by atoms with Gasteiger partial charge in [0, 0.05) is 10.7 Å². The molecule has 0 radical (unpaired) electrons. The second-order valence-corrected chi connectivity index (χ2v) is 10.5. The number of ether oxygens (including phenoxy) is 1. The number of hydrogen-bond donors (Lipinski definition) is 1. The van der Waals surface area contributed by atoms with Gasteiger partial charge in [-0.25, -0.2) is 8.42 Å². The molecule has 2 atom stereocenters. The Bertz CT molecular complexity index is 1110. The zero-order valence-corrected chi connectivity index (χ0v) is 18.5. The predicted molar refractivity (Wildman–Crippen MR) is 122 cm³/mol. The number of aliphatic imine (C=N–C) groups is 1. The highest BCUT2D eigenvalue weighted by Crippen LogP contribution is 2.39. The number of amidine groups is 1. The summed E-state index contributed by atoms with van der Waals surface area (Å²) in [5.74, 6) is 0.595. The van der Waals surface area contributed by atoms with Crippen molar-refractivity contribution in [2.45, 2.75) is 12.1 Å². The van der Waals surface area contributed by atoms with Gasteiger partial charge in [-0.05, 0) is 30.3 Å². The van der Waals surface area contributed by atoms with Crippen molar-refractivity contribution in [1.82, 2.24) is 0 Å². The lowest BCUT2D eigenvalue weighted by atomic mass is 10.1. The summed E-state index contributed by atoms with van der Waals surface area (Å²) in [6.07, 6.45) is 0. The average molecular weight is 466 g/mol. The van der Waals surface area contributed by atoms with Gasteiger partial charge in [0.05, 0.1) is 42.1 Å². The van der Waals surface area contributed by atoms with Crippen molar-refractivity contribution in [3.63, 3.8) is 0 Å². The minimum Gasteiger partial charge on any atom is -0.495 e. The molecule has 0 saturated carbocycles. The fraction of sp³-hybridized carbons (Fsp3) is 0.300. The van der Waals surface area contributed by atoms with Crippen LogP contribution in [0.25, 0.3) is 0 Å². The number of para-hydroxylation sites is 2. The van der Waals surface area contributed by atoms with E-state index >= 15 is 0 Å². The van der Waals surface area contributed by atoms with Crippen molar-refractivity contribution >= 4 is 55.6 Å². The van der Waals surface area contributed by atoms with Gasteiger partial charge < -0.3 is 15.0 Å². The topological polar surface area (TPSA) is 88.1 Å². The SMILES string of the molecule is COc1ccccc1N1C(SCC(=O)Nc2cccc(Cl)c2)=N[C@H]2CS(=O)(=O)C[C@H]21. The molecule has 0 aliphatic carbocycles. The van der Waals surface area contributed by atoms with Crippen molar-refractivity contribution in [1.29, 1.82) is 0 Å². The highest BCUT2D eigenvalue weighted by atomic mass is 35.5. The quantitative estimate of drug-likeness (QED) is 0.730. The predicted octanol–water partition coefficient (Wildman–Crippen LogP) is 3.06. The molecule has 0 bridgehead atoms. The van der Waals surface area contributed by atoms with E-state index in [1.807, 2.05) is 29.2 Å². The van der Waals surface area contributed by atoms with E-state index in [4.69, 9.17) is 16.3 Å². The van der Waals surface area contributed by atoms with Crippen LogP contribution < -0.4 is 15.0 Å². The van der Waals surface area contributed by atoms with Gasteiger partial charge in [-0.1, -0.05) is 41.6 Å². The summed E-state index contributed by atoms with van der Waals surface area (Å²) in [6.45, 7) is 0. The molecule has 1 amide bonds. The highest BCUT2D eigenvalue weighted by molar-refractivity contribution is 8.14. The molecule has 7 nitrogen and oxygen atoms in total. The van der Waals surface area contributed by atoms with Crippen LogP contribution in [0.4, 0.5) is 11.4 Å². The maximum absolute atomic E-state index is 12.4. The minimum atomic E-state index is -3.16. The molecule has 1 N–H and O–H groups in total. The van der Waals surface area contributed by atoms with Crippen LogP contribution in [-0.2, 0) is 14.6 Å². The van der Waals surface area contributed by atoms with E-state index in [2.05, 4.69) is 10.3 Å². The van der Waals surface area contributed by atoms with Crippen LogP contribution in [0.2, 0.25) is 5.02 Å². The van der Waals surface area contributed by atoms with Crippen LogP contribution in [-0.4, -0.2) is 55.9 Å². The minimum absolute atomic E-state index is 0.0160. The van der Waals surface area contributed by atoms with Gasteiger partial charge in [-0.3, -0.25) is 9.79 Å². The zero-order valence-electron chi connectivity index (χ0n) is 16.1. The van der Waals surface area contributed by atoms with Gasteiger partial charge >= 0.3 is 0 Å². The van der Waals surface area contributed by atoms with Crippen molar-refractivity contribution in [2.75, 3.05) is 34.6 Å². The van der Waals surface area contributed by atoms with E-state index in [1.165, 1.54) is 11.8 Å². The smallest absolute Gasteiger partial charge is 0.234 e. The first-order valence-electron chi connectivity index (χ1n) is 9.25. The molecule has 2 aromatic carbocycles. The van der Waals surface area contributed by atoms with E-state index < -0.39 is 9.84 Å². The molecular weight excluding hydrogens is 446 g/mol. The Morgan fingerprint density at radius 3 is 2.83 bits per heavy atom. The zero-order chi connectivity index (χ0) is 21.3. The molecule has 2 aliphatic rings. The summed E-state index contributed by atoms with van der Waals surface area (Å²) in [6, 6.07) is 13.7. The molecule has 1 saturated heterocycles. The summed E-state index contributed by atoms with van der Waals surface area (Å²) in [4.78, 5) is 19.0. The molecule has 2 aliphatic heterocycles. The molecule has 2 heterocycles. The average Bonchev–Trinajstić information content (AvgIpc) is 3.17. The Hall–Kier alpha value is -2.23. The summed E-state index contributed by atoms with van der Waals surface area (Å²) < 4.78 is 29.8. The Kier molecular flexibility index (Phi) is 5.95. The number of fused-ring (bicyclic) bond motifs is 1. The van der Waals surface area contributed by atoms with Gasteiger partial charge in [0.2, 0.25) is 5.91 Å². The van der Waals surface area contributed by atoms with Gasteiger partial charge in [0.1, 0.15) is 5.75 Å². The molecule has 0 aromatic heterocycles. The molecule has 0 unspecified atom stereocenters. The molecule has 1 fully saturated rings. The Morgan fingerprint density at radius 2 is 2.07 bits per heavy atom. The monoisotopic (exact) mass is 465 g/mol. The van der Waals surface area contributed by atoms with Gasteiger partial charge in [-0.15, -0.1) is 0 Å². The summed E-state index contributed by atoms with van der Waals surface area (Å²) in [7, 11) is -1.59. The fourth-order valence-electron chi connectivity index (χ4n) is 3.64. The van der Waals surface area contributed by atoms with Crippen molar-refractivity contribution in [3.8, 4) is 5.75 Å². The third-order valence-electron chi connectivity index (χ3n) is 4.89. The first kappa shape index (κ1) is 21.0. The van der Waals surface area contributed by atoms with Crippen LogP contribution >= 0.6 is 23.4 Å². The van der Waals surface area contributed by atoms with Crippen LogP contribution in [0.3, 0.4) is 0 Å². The van der Waals surface area contributed by atoms with E-state index in [0.29, 0.717) is 21.6 Å². The molecule has 0 spiro atoms. The second kappa shape index (κ2) is 8.49. The Labute approximate surface area is 184 Å². The first-order chi connectivity index (χ1) is 14.4. The van der Waals surface area contributed by atoms with Crippen LogP contribution in [0.15, 0.2) is 53.5 Å². The fourth-order valence-corrected chi connectivity index (χ4v) is 6.59. The summed E-state index contributed by atoms with van der Waals surface area (Å²) >= 11 is 7.23. The number of benzene rings is 2. The molecular formula is C20H20ClN3O4S2. The normalized spacial score (nSPS) is 21.8. The van der Waals surface area contributed by atoms with Gasteiger partial charge in [0.15, 0.2) is 15.0 Å². The third kappa shape index (κ3) is 4.43. The maximum atomic E-state index is 12.4. The number of hydrogen-bond acceptors (Lipinski definition) is 7. The number of sulfone groups is 1. The highest BCUT2D eigenvalue weighted by Gasteiger charge is 2.47. The Morgan fingerprint density at radius 1 is 1.27 bits per heavy atom. The molecule has 30 heavy (non-hydrogen) atoms. The van der Waals surface area contributed by atoms with E-state index in [-0.39, 0.29) is 35.2 Å². The summed E-state index contributed by atoms with van der Waals surface area (Å²) in [5, 5.41) is 3.96. The van der Waals surface area contributed by atoms with Crippen LogP contribution in [0.5, 0.6) is 5.75 Å². The number of anilines is 2. The van der Waals surface area contributed by atoms with Crippen molar-refractivity contribution in [3.05, 3.63) is 53.6 Å². The molecule has 158 valence electrons. The van der Waals surface area contributed by atoms with E-state index in [9.17, 15) is 13.2 Å². The largest absolute Gasteiger partial charge is 0.495 e. The lowest BCUT2D eigenvalue weighted by molar-refractivity contribution is -0.113. The number of methoxy groups -OCH3 is 1. The van der Waals surface area contributed by atoms with Crippen molar-refractivity contribution < 1.29 is 17.9 Å². The van der Waals surface area contributed by atoms with Crippen LogP contribution in [0.1, 0.15) is 0 Å². The number of thioether (sulfide) groups is 1. The second-order valence-electron chi connectivity index (χ2n) is 7.01. The lowest BCUT2D eigenvalue weighted by Gasteiger charge is -2.27. The number of nitrogens with one attached hydrogen (secondary N) is 1. The lowest BCUT2D eigenvalue weighted by Crippen LogP contribution is -2.39. The van der Waals surface area contributed by atoms with Gasteiger partial charge in [-0.2, -0.15) is 0 Å². The standard InChI is InChI=1S/C20H20ClN3O4S2/c1-28-18-8-3-2-7-16(18)24-17-12-30(26,27)11-15(17)23-20(24)29-10-19(25)22-14-6-4-5-13(21)9-14/h2-9,15,17H,10-12H2,1H3,(H,22,25)/t15-,17+/m0/s1. The number of halogens is 1. The van der Waals surface area contributed by atoms with Crippen molar-refractivity contribution in [2.24, 2.45) is 4.99 Å². The third-order valence-corrected chi connectivity index (χ3v) is 7.79. The number of amides is 1. The number of carbonyl (C=O) groups is 1. The molecule has 4 rings (SSSR count). The number of carbonyl (C=O) groups excluding carboxylic acids is 1. The number of rotatable bonds is 5. The van der Waals surface area contributed by atoms with Gasteiger partial charge in [0.25, 0.3) is 0 Å². The molecule has 10 heteroatoms. The summed E-state index contributed by atoms with van der Waals surface area (Å²) in [5.41, 5.74) is 1.36. The first-order valence-corrected chi connectivity index (χ1v) is 12.4. The number of nitrogens with zero attached hydrogens (tertiary/aromatic N) is 2. The van der Waals surface area contributed by atoms with E-state index in [0.717, 1.165) is 5.69 Å².